The van der Waals surface area contributed by atoms with Gasteiger partial charge in [-0.05, 0) is 67.5 Å². The van der Waals surface area contributed by atoms with Gasteiger partial charge in [0, 0.05) is 30.3 Å². The average molecular weight is 451 g/mol. The smallest absolute Gasteiger partial charge is 0.418 e. The Balaban J connectivity index is 1.37. The summed E-state index contributed by atoms with van der Waals surface area (Å²) in [6.07, 6.45) is 2.15. The number of nitrogens with zero attached hydrogens (tertiary/aromatic N) is 2. The molecular weight excluding hydrogens is 425 g/mol. The van der Waals surface area contributed by atoms with E-state index >= 15 is 0 Å². The lowest BCUT2D eigenvalue weighted by atomic mass is 9.94. The van der Waals surface area contributed by atoms with Crippen molar-refractivity contribution in [1.82, 2.24) is 9.80 Å². The molecule has 2 aromatic rings. The molecule has 2 atom stereocenters. The Morgan fingerprint density at radius 3 is 2.67 bits per heavy atom. The first-order chi connectivity index (χ1) is 15.8. The van der Waals surface area contributed by atoms with E-state index in [0.717, 1.165) is 28.9 Å². The van der Waals surface area contributed by atoms with Gasteiger partial charge in [0.15, 0.2) is 0 Å². The third-order valence-corrected chi connectivity index (χ3v) is 7.06. The van der Waals surface area contributed by atoms with E-state index in [4.69, 9.17) is 10.5 Å². The van der Waals surface area contributed by atoms with Crippen LogP contribution in [0.3, 0.4) is 0 Å². The minimum Gasteiger partial charge on any atom is -0.427 e. The highest BCUT2D eigenvalue weighted by Crippen LogP contribution is 2.46. The highest BCUT2D eigenvalue weighted by molar-refractivity contribution is 6.06. The molecule has 172 valence electrons. The van der Waals surface area contributed by atoms with E-state index in [1.54, 1.807) is 35.2 Å². The third-order valence-electron chi connectivity index (χ3n) is 7.06. The van der Waals surface area contributed by atoms with Crippen LogP contribution in [-0.4, -0.2) is 40.3 Å². The summed E-state index contributed by atoms with van der Waals surface area (Å²) in [4.78, 5) is 42.1. The molecule has 2 aromatic carbocycles. The number of ether oxygens (including phenoxy) is 1. The number of rotatable bonds is 6. The minimum absolute atomic E-state index is 0.0552. The molecule has 0 radical (unpaired) electrons. The molecule has 5 rings (SSSR count). The van der Waals surface area contributed by atoms with Gasteiger partial charge in [-0.2, -0.15) is 0 Å². The Bertz CT molecular complexity index is 1130. The molecule has 2 N–H and O–H groups in total. The van der Waals surface area contributed by atoms with Gasteiger partial charge in [-0.15, -0.1) is 0 Å². The molecular formula is C25H26FN3O4. The van der Waals surface area contributed by atoms with Gasteiger partial charge >= 0.3 is 6.09 Å². The molecule has 2 fully saturated rings. The van der Waals surface area contributed by atoms with Crippen LogP contribution in [0, 0.1) is 11.7 Å². The summed E-state index contributed by atoms with van der Waals surface area (Å²) in [6.45, 7) is 1.87. The first-order valence-electron chi connectivity index (χ1n) is 11.3. The highest BCUT2D eigenvalue weighted by atomic mass is 19.1. The van der Waals surface area contributed by atoms with Crippen LogP contribution in [0.4, 0.5) is 14.9 Å². The fraction of sp³-hybridized carbons (Fsp3) is 0.400. The number of nitrogen functional groups attached to an aromatic ring is 1. The largest absolute Gasteiger partial charge is 0.427 e. The number of nitrogens with two attached hydrogens (primary N) is 1. The normalized spacial score (nSPS) is 22.4. The summed E-state index contributed by atoms with van der Waals surface area (Å²) in [6, 6.07) is 11.1. The fourth-order valence-electron chi connectivity index (χ4n) is 4.98. The summed E-state index contributed by atoms with van der Waals surface area (Å²) < 4.78 is 18.9. The molecule has 3 amide bonds. The Morgan fingerprint density at radius 1 is 1.24 bits per heavy atom. The van der Waals surface area contributed by atoms with Crippen LogP contribution in [0.2, 0.25) is 0 Å². The van der Waals surface area contributed by atoms with Crippen molar-refractivity contribution in [2.75, 3.05) is 12.3 Å². The lowest BCUT2D eigenvalue weighted by Gasteiger charge is -2.30. The molecule has 1 spiro atoms. The second-order valence-electron chi connectivity index (χ2n) is 9.23. The molecule has 1 aliphatic heterocycles. The van der Waals surface area contributed by atoms with Crippen LogP contribution >= 0.6 is 0 Å². The van der Waals surface area contributed by atoms with Crippen LogP contribution in [0.25, 0.3) is 0 Å². The Labute approximate surface area is 191 Å². The molecule has 7 nitrogen and oxygen atoms in total. The standard InChI is InChI=1S/C25H26FN3O4/c1-15(17-4-5-17)28(13-16-2-6-19(26)7-3-16)22(30)14-29-23(31)25(33-24(29)32)11-10-18-12-20(27)8-9-21(18)25/h2-3,6-9,12,15,17H,4-5,10-11,13-14,27H2,1H3/t15-,25?/m0/s1. The summed E-state index contributed by atoms with van der Waals surface area (Å²) in [5, 5.41) is 0. The summed E-state index contributed by atoms with van der Waals surface area (Å²) in [7, 11) is 0. The number of aryl methyl sites for hydroxylation is 1. The number of benzene rings is 2. The maximum Gasteiger partial charge on any atom is 0.418 e. The zero-order valence-corrected chi connectivity index (χ0v) is 18.4. The van der Waals surface area contributed by atoms with E-state index in [0.29, 0.717) is 30.0 Å². The number of hydrogen-bond donors (Lipinski definition) is 1. The maximum absolute atomic E-state index is 13.4. The molecule has 0 bridgehead atoms. The molecule has 1 saturated carbocycles. The molecule has 8 heteroatoms. The maximum atomic E-state index is 13.4. The second kappa shape index (κ2) is 7.86. The van der Waals surface area contributed by atoms with Crippen molar-refractivity contribution in [3.8, 4) is 0 Å². The van der Waals surface area contributed by atoms with Gasteiger partial charge in [-0.3, -0.25) is 9.59 Å². The van der Waals surface area contributed by atoms with Crippen molar-refractivity contribution in [3.05, 3.63) is 65.0 Å². The molecule has 3 aliphatic rings. The minimum atomic E-state index is -1.38. The number of anilines is 1. The first-order valence-corrected chi connectivity index (χ1v) is 11.3. The topological polar surface area (TPSA) is 92.9 Å². The van der Waals surface area contributed by atoms with Crippen LogP contribution in [0.5, 0.6) is 0 Å². The van der Waals surface area contributed by atoms with E-state index in [2.05, 4.69) is 0 Å². The first kappa shape index (κ1) is 21.4. The van der Waals surface area contributed by atoms with E-state index in [-0.39, 0.29) is 30.9 Å². The number of halogens is 1. The van der Waals surface area contributed by atoms with Crippen LogP contribution in [0.15, 0.2) is 42.5 Å². The van der Waals surface area contributed by atoms with Gasteiger partial charge in [0.1, 0.15) is 12.4 Å². The van der Waals surface area contributed by atoms with Crippen molar-refractivity contribution < 1.29 is 23.5 Å². The summed E-state index contributed by atoms with van der Waals surface area (Å²) >= 11 is 0. The Hall–Kier alpha value is -3.42. The average Bonchev–Trinajstić information content (AvgIpc) is 3.54. The van der Waals surface area contributed by atoms with Gasteiger partial charge in [0.2, 0.25) is 11.5 Å². The SMILES string of the molecule is C[C@@H](C1CC1)N(Cc1ccc(F)cc1)C(=O)CN1C(=O)OC2(CCc3cc(N)ccc32)C1=O. The van der Waals surface area contributed by atoms with Gasteiger partial charge in [0.25, 0.3) is 5.91 Å². The van der Waals surface area contributed by atoms with Crippen molar-refractivity contribution in [1.29, 1.82) is 0 Å². The van der Waals surface area contributed by atoms with Gasteiger partial charge in [-0.25, -0.2) is 14.1 Å². The molecule has 1 unspecified atom stereocenters. The zero-order chi connectivity index (χ0) is 23.3. The van der Waals surface area contributed by atoms with Crippen LogP contribution < -0.4 is 5.73 Å². The van der Waals surface area contributed by atoms with E-state index in [1.165, 1.54) is 12.1 Å². The van der Waals surface area contributed by atoms with Crippen molar-refractivity contribution >= 4 is 23.6 Å². The predicted molar refractivity (Wildman–Crippen MR) is 118 cm³/mol. The Kier molecular flexibility index (Phi) is 5.11. The lowest BCUT2D eigenvalue weighted by Crippen LogP contribution is -2.47. The predicted octanol–water partition coefficient (Wildman–Crippen LogP) is 3.36. The summed E-state index contributed by atoms with van der Waals surface area (Å²) in [5.41, 5.74) is 7.36. The van der Waals surface area contributed by atoms with Gasteiger partial charge < -0.3 is 15.4 Å². The second-order valence-corrected chi connectivity index (χ2v) is 9.23. The fourth-order valence-corrected chi connectivity index (χ4v) is 4.98. The lowest BCUT2D eigenvalue weighted by molar-refractivity contribution is -0.143. The third kappa shape index (κ3) is 3.73. The molecule has 1 heterocycles. The number of amides is 3. The number of carbonyl (C=O) groups is 3. The van der Waals surface area contributed by atoms with Crippen LogP contribution in [-0.2, 0) is 32.9 Å². The number of carbonyl (C=O) groups excluding carboxylic acids is 3. The Morgan fingerprint density at radius 2 is 1.97 bits per heavy atom. The highest BCUT2D eigenvalue weighted by Gasteiger charge is 2.58. The van der Waals surface area contributed by atoms with E-state index in [9.17, 15) is 18.8 Å². The molecule has 2 aliphatic carbocycles. The quantitative estimate of drug-likeness (QED) is 0.680. The number of hydrogen-bond acceptors (Lipinski definition) is 5. The van der Waals surface area contributed by atoms with Crippen molar-refractivity contribution in [2.45, 2.75) is 50.8 Å². The monoisotopic (exact) mass is 451 g/mol. The molecule has 0 aromatic heterocycles. The number of imide groups is 1. The van der Waals surface area contributed by atoms with Crippen molar-refractivity contribution in [2.24, 2.45) is 5.92 Å². The van der Waals surface area contributed by atoms with E-state index < -0.39 is 17.6 Å². The van der Waals surface area contributed by atoms with Crippen LogP contribution in [0.1, 0.15) is 42.9 Å². The molecule has 33 heavy (non-hydrogen) atoms. The van der Waals surface area contributed by atoms with E-state index in [1.807, 2.05) is 6.92 Å². The number of fused-ring (bicyclic) bond motifs is 2. The zero-order valence-electron chi connectivity index (χ0n) is 18.4. The van der Waals surface area contributed by atoms with Gasteiger partial charge in [-0.1, -0.05) is 18.2 Å². The van der Waals surface area contributed by atoms with Crippen molar-refractivity contribution in [3.63, 3.8) is 0 Å². The van der Waals surface area contributed by atoms with Gasteiger partial charge in [0.05, 0.1) is 0 Å². The summed E-state index contributed by atoms with van der Waals surface area (Å²) in [5.74, 6) is -0.808. The molecule has 1 saturated heterocycles.